The van der Waals surface area contributed by atoms with Gasteiger partial charge in [0.25, 0.3) is 0 Å². The van der Waals surface area contributed by atoms with E-state index in [1.54, 1.807) is 19.1 Å². The number of amides is 1. The zero-order chi connectivity index (χ0) is 15.5. The van der Waals surface area contributed by atoms with Crippen molar-refractivity contribution in [2.45, 2.75) is 32.6 Å². The summed E-state index contributed by atoms with van der Waals surface area (Å²) in [6.45, 7) is 2.68. The molecule has 1 aliphatic heterocycles. The van der Waals surface area contributed by atoms with E-state index in [2.05, 4.69) is 15.3 Å². The van der Waals surface area contributed by atoms with Crippen molar-refractivity contribution in [2.75, 3.05) is 6.54 Å². The van der Waals surface area contributed by atoms with Crippen LogP contribution in [0.5, 0.6) is 0 Å². The Morgan fingerprint density at radius 3 is 2.57 bits per heavy atom. The first-order valence-electron chi connectivity index (χ1n) is 6.70. The minimum Gasteiger partial charge on any atom is -0.356 e. The lowest BCUT2D eigenvalue weighted by molar-refractivity contribution is -0.120. The lowest BCUT2D eigenvalue weighted by Crippen LogP contribution is -2.21. The fraction of sp³-hybridized carbons (Fsp3) is 0.400. The van der Waals surface area contributed by atoms with Crippen molar-refractivity contribution in [3.8, 4) is 0 Å². The molecule has 1 amide bonds. The van der Waals surface area contributed by atoms with Crippen LogP contribution in [0.25, 0.3) is 0 Å². The Balaban J connectivity index is 0.000000235. The normalized spacial score (nSPS) is 13.5. The fourth-order valence-corrected chi connectivity index (χ4v) is 1.79. The molecule has 1 heterocycles. The number of hydrogen-bond donors (Lipinski definition) is 1. The maximum Gasteiger partial charge on any atom is 0.240 e. The summed E-state index contributed by atoms with van der Waals surface area (Å²) in [6.07, 6.45) is 7.01. The van der Waals surface area contributed by atoms with Gasteiger partial charge in [-0.2, -0.15) is 9.98 Å². The Bertz CT molecular complexity index is 576. The average molecular weight is 287 g/mol. The molecule has 1 aromatic rings. The number of carbonyl (C=O) groups excluding carboxylic acids is 3. The molecule has 0 aliphatic carbocycles. The molecule has 110 valence electrons. The summed E-state index contributed by atoms with van der Waals surface area (Å²) in [5, 5.41) is 2.81. The van der Waals surface area contributed by atoms with Gasteiger partial charge in [-0.3, -0.25) is 4.79 Å². The molecule has 6 heteroatoms. The Kier molecular flexibility index (Phi) is 7.36. The van der Waals surface area contributed by atoms with E-state index in [1.807, 2.05) is 0 Å². The highest BCUT2D eigenvalue weighted by Crippen LogP contribution is 2.23. The molecule has 0 bridgehead atoms. The van der Waals surface area contributed by atoms with E-state index < -0.39 is 0 Å². The zero-order valence-corrected chi connectivity index (χ0v) is 11.9. The Morgan fingerprint density at radius 2 is 1.86 bits per heavy atom. The van der Waals surface area contributed by atoms with Crippen molar-refractivity contribution in [3.05, 3.63) is 23.8 Å². The Hall–Kier alpha value is -2.55. The van der Waals surface area contributed by atoms with Crippen LogP contribution in [0.2, 0.25) is 0 Å². The topological polar surface area (TPSA) is 88.0 Å². The lowest BCUT2D eigenvalue weighted by atomic mass is 10.2. The maximum absolute atomic E-state index is 10.6. The molecule has 6 nitrogen and oxygen atoms in total. The van der Waals surface area contributed by atoms with Gasteiger partial charge in [-0.1, -0.05) is 12.5 Å². The molecule has 0 spiro atoms. The third kappa shape index (κ3) is 6.43. The van der Waals surface area contributed by atoms with Crippen LogP contribution in [0.15, 0.2) is 28.2 Å². The van der Waals surface area contributed by atoms with Gasteiger partial charge in [0.1, 0.15) is 0 Å². The Morgan fingerprint density at radius 1 is 1.10 bits per heavy atom. The predicted molar refractivity (Wildman–Crippen MR) is 78.2 cm³/mol. The number of hydrogen-bond acceptors (Lipinski definition) is 5. The maximum atomic E-state index is 10.6. The number of aliphatic imine (C=N–C) groups is 2. The van der Waals surface area contributed by atoms with E-state index in [-0.39, 0.29) is 5.91 Å². The molecule has 1 N–H and O–H groups in total. The number of nitrogens with zero attached hydrogens (tertiary/aromatic N) is 2. The highest BCUT2D eigenvalue weighted by Gasteiger charge is 2.03. The van der Waals surface area contributed by atoms with Gasteiger partial charge in [0, 0.05) is 13.0 Å². The standard InChI is InChI=1S/C9H6N2O2.C6H11NO/c1-7-2-3-8(10-5-12)4-9(7)11-6-13;8-6-4-2-1-3-5-7-6/h2-4H,1H3;1-5H2,(H,7,8). The van der Waals surface area contributed by atoms with Crippen molar-refractivity contribution in [2.24, 2.45) is 9.98 Å². The van der Waals surface area contributed by atoms with E-state index in [4.69, 9.17) is 0 Å². The quantitative estimate of drug-likeness (QED) is 0.669. The largest absolute Gasteiger partial charge is 0.356 e. The first kappa shape index (κ1) is 16.5. The number of nitrogens with one attached hydrogen (secondary N) is 1. The zero-order valence-electron chi connectivity index (χ0n) is 11.9. The van der Waals surface area contributed by atoms with Crippen LogP contribution in [-0.4, -0.2) is 24.6 Å². The molecular weight excluding hydrogens is 270 g/mol. The van der Waals surface area contributed by atoms with Gasteiger partial charge >= 0.3 is 0 Å². The number of benzene rings is 1. The second kappa shape index (κ2) is 9.37. The number of carbonyl (C=O) groups is 1. The van der Waals surface area contributed by atoms with Crippen LogP contribution in [0.3, 0.4) is 0 Å². The van der Waals surface area contributed by atoms with Gasteiger partial charge in [-0.15, -0.1) is 0 Å². The minimum atomic E-state index is 0.225. The summed E-state index contributed by atoms with van der Waals surface area (Å²) < 4.78 is 0. The van der Waals surface area contributed by atoms with Crippen LogP contribution in [-0.2, 0) is 14.4 Å². The fourth-order valence-electron chi connectivity index (χ4n) is 1.79. The minimum absolute atomic E-state index is 0.225. The van der Waals surface area contributed by atoms with Crippen molar-refractivity contribution in [1.82, 2.24) is 5.32 Å². The average Bonchev–Trinajstić information content (AvgIpc) is 2.71. The molecule has 2 rings (SSSR count). The van der Waals surface area contributed by atoms with Gasteiger partial charge in [-0.25, -0.2) is 9.59 Å². The predicted octanol–water partition coefficient (Wildman–Crippen LogP) is 2.61. The molecule has 1 aromatic carbocycles. The summed E-state index contributed by atoms with van der Waals surface area (Å²) in [6, 6.07) is 4.88. The lowest BCUT2D eigenvalue weighted by Gasteiger charge is -1.97. The summed E-state index contributed by atoms with van der Waals surface area (Å²) >= 11 is 0. The first-order valence-corrected chi connectivity index (χ1v) is 6.70. The van der Waals surface area contributed by atoms with Gasteiger partial charge in [0.05, 0.1) is 11.4 Å². The third-order valence-corrected chi connectivity index (χ3v) is 2.94. The number of aryl methyl sites for hydroxylation is 1. The summed E-state index contributed by atoms with van der Waals surface area (Å²) in [4.78, 5) is 37.3. The SMILES string of the molecule is Cc1ccc(N=C=O)cc1N=C=O.O=C1CCCCCN1. The molecule has 1 fully saturated rings. The summed E-state index contributed by atoms with van der Waals surface area (Å²) in [5.41, 5.74) is 1.72. The summed E-state index contributed by atoms with van der Waals surface area (Å²) in [5.74, 6) is 0.225. The van der Waals surface area contributed by atoms with Gasteiger partial charge in [-0.05, 0) is 37.5 Å². The van der Waals surface area contributed by atoms with E-state index in [0.29, 0.717) is 11.4 Å². The first-order chi connectivity index (χ1) is 10.2. The monoisotopic (exact) mass is 287 g/mol. The van der Waals surface area contributed by atoms with E-state index in [1.165, 1.54) is 24.6 Å². The highest BCUT2D eigenvalue weighted by atomic mass is 16.1. The molecule has 0 unspecified atom stereocenters. The van der Waals surface area contributed by atoms with E-state index in [9.17, 15) is 14.4 Å². The van der Waals surface area contributed by atoms with Crippen LogP contribution < -0.4 is 5.32 Å². The van der Waals surface area contributed by atoms with Crippen LogP contribution in [0.1, 0.15) is 31.2 Å². The van der Waals surface area contributed by atoms with Gasteiger partial charge < -0.3 is 5.32 Å². The molecule has 0 saturated carbocycles. The van der Waals surface area contributed by atoms with Crippen molar-refractivity contribution in [3.63, 3.8) is 0 Å². The van der Waals surface area contributed by atoms with Gasteiger partial charge in [0.15, 0.2) is 0 Å². The number of isocyanates is 2. The second-order valence-electron chi connectivity index (χ2n) is 4.54. The summed E-state index contributed by atoms with van der Waals surface area (Å²) in [7, 11) is 0. The highest BCUT2D eigenvalue weighted by molar-refractivity contribution is 5.75. The third-order valence-electron chi connectivity index (χ3n) is 2.94. The van der Waals surface area contributed by atoms with Crippen molar-refractivity contribution >= 4 is 29.4 Å². The van der Waals surface area contributed by atoms with E-state index >= 15 is 0 Å². The van der Waals surface area contributed by atoms with Crippen LogP contribution in [0, 0.1) is 6.92 Å². The Labute approximate surface area is 123 Å². The molecule has 1 saturated heterocycles. The van der Waals surface area contributed by atoms with Crippen LogP contribution in [0.4, 0.5) is 11.4 Å². The smallest absolute Gasteiger partial charge is 0.240 e. The molecule has 0 atom stereocenters. The van der Waals surface area contributed by atoms with Crippen molar-refractivity contribution < 1.29 is 14.4 Å². The molecule has 0 aromatic heterocycles. The van der Waals surface area contributed by atoms with E-state index in [0.717, 1.165) is 31.4 Å². The molecule has 21 heavy (non-hydrogen) atoms. The molecule has 1 aliphatic rings. The molecule has 0 radical (unpaired) electrons. The second-order valence-corrected chi connectivity index (χ2v) is 4.54. The number of rotatable bonds is 2. The van der Waals surface area contributed by atoms with Gasteiger partial charge in [0.2, 0.25) is 18.1 Å². The molecular formula is C15H17N3O3. The van der Waals surface area contributed by atoms with Crippen molar-refractivity contribution in [1.29, 1.82) is 0 Å². The van der Waals surface area contributed by atoms with Crippen LogP contribution >= 0.6 is 0 Å².